The van der Waals surface area contributed by atoms with E-state index in [0.29, 0.717) is 0 Å². The second-order valence-corrected chi connectivity index (χ2v) is 3.79. The molecule has 0 bridgehead atoms. The number of hydrogen-bond donors (Lipinski definition) is 2. The van der Waals surface area contributed by atoms with E-state index in [1.165, 1.54) is 12.4 Å². The van der Waals surface area contributed by atoms with E-state index in [1.54, 1.807) is 13.8 Å². The molecule has 0 radical (unpaired) electrons. The van der Waals surface area contributed by atoms with E-state index in [4.69, 9.17) is 0 Å². The number of amides is 1. The summed E-state index contributed by atoms with van der Waals surface area (Å²) in [6.45, 7) is 3.49. The summed E-state index contributed by atoms with van der Waals surface area (Å²) >= 11 is 0. The molecule has 0 unspecified atom stereocenters. The van der Waals surface area contributed by atoms with Crippen LogP contribution in [0.25, 0.3) is 11.2 Å². The van der Waals surface area contributed by atoms with Crippen molar-refractivity contribution in [3.63, 3.8) is 0 Å². The predicted octanol–water partition coefficient (Wildman–Crippen LogP) is 0.308. The number of hydrogen-bond acceptors (Lipinski definition) is 5. The Bertz CT molecular complexity index is 619. The van der Waals surface area contributed by atoms with Crippen LogP contribution in [0.1, 0.15) is 13.8 Å². The Morgan fingerprint density at radius 3 is 2.76 bits per heavy atom. The van der Waals surface area contributed by atoms with Gasteiger partial charge in [0.2, 0.25) is 11.9 Å². The summed E-state index contributed by atoms with van der Waals surface area (Å²) in [7, 11) is 0. The highest BCUT2D eigenvalue weighted by atomic mass is 16.2. The molecular formula is C10H11N5O2. The first-order valence-corrected chi connectivity index (χ1v) is 5.10. The highest BCUT2D eigenvalue weighted by Gasteiger charge is 2.10. The number of carbonyl (C=O) groups is 1. The van der Waals surface area contributed by atoms with Crippen LogP contribution in [-0.4, -0.2) is 25.8 Å². The number of aromatic amines is 1. The van der Waals surface area contributed by atoms with Gasteiger partial charge in [-0.05, 0) is 0 Å². The van der Waals surface area contributed by atoms with Crippen molar-refractivity contribution in [1.29, 1.82) is 0 Å². The Morgan fingerprint density at radius 1 is 1.35 bits per heavy atom. The highest BCUT2D eigenvalue weighted by molar-refractivity contribution is 5.90. The molecule has 0 aliphatic heterocycles. The van der Waals surface area contributed by atoms with Gasteiger partial charge in [-0.25, -0.2) is 9.97 Å². The fraction of sp³-hybridized carbons (Fsp3) is 0.300. The summed E-state index contributed by atoms with van der Waals surface area (Å²) in [5, 5.41) is 2.50. The lowest BCUT2D eigenvalue weighted by Crippen LogP contribution is -2.22. The molecule has 2 aromatic heterocycles. The van der Waals surface area contributed by atoms with Gasteiger partial charge in [0, 0.05) is 18.3 Å². The quantitative estimate of drug-likeness (QED) is 0.777. The molecule has 2 heterocycles. The lowest BCUT2D eigenvalue weighted by atomic mass is 10.2. The van der Waals surface area contributed by atoms with Crippen molar-refractivity contribution in [3.05, 3.63) is 22.7 Å². The van der Waals surface area contributed by atoms with Crippen molar-refractivity contribution in [2.75, 3.05) is 5.32 Å². The van der Waals surface area contributed by atoms with Crippen LogP contribution in [0.4, 0.5) is 5.95 Å². The maximum Gasteiger partial charge on any atom is 0.280 e. The van der Waals surface area contributed by atoms with Gasteiger partial charge in [-0.3, -0.25) is 19.9 Å². The van der Waals surface area contributed by atoms with Crippen LogP contribution in [-0.2, 0) is 4.79 Å². The summed E-state index contributed by atoms with van der Waals surface area (Å²) in [5.41, 5.74) is -0.0764. The Kier molecular flexibility index (Phi) is 2.82. The Hall–Kier alpha value is -2.31. The van der Waals surface area contributed by atoms with Gasteiger partial charge in [0.15, 0.2) is 11.2 Å². The topological polar surface area (TPSA) is 101 Å². The Balaban J connectivity index is 2.44. The van der Waals surface area contributed by atoms with Crippen LogP contribution in [0.5, 0.6) is 0 Å². The average Bonchev–Trinajstić information content (AvgIpc) is 2.29. The van der Waals surface area contributed by atoms with Crippen molar-refractivity contribution in [2.45, 2.75) is 13.8 Å². The zero-order chi connectivity index (χ0) is 12.4. The monoisotopic (exact) mass is 233 g/mol. The fourth-order valence-corrected chi connectivity index (χ4v) is 1.19. The average molecular weight is 233 g/mol. The van der Waals surface area contributed by atoms with E-state index in [0.717, 1.165) is 0 Å². The first-order chi connectivity index (χ1) is 8.08. The third-order valence-corrected chi connectivity index (χ3v) is 2.11. The largest absolute Gasteiger partial charge is 0.296 e. The van der Waals surface area contributed by atoms with Gasteiger partial charge >= 0.3 is 0 Å². The molecule has 2 rings (SSSR count). The maximum absolute atomic E-state index is 11.6. The molecule has 0 atom stereocenters. The molecule has 0 saturated heterocycles. The SMILES string of the molecule is CC(C)C(=O)Nc1nc2nccnc2c(=O)[nH]1. The molecule has 0 aliphatic carbocycles. The number of anilines is 1. The van der Waals surface area contributed by atoms with Crippen LogP contribution in [0.3, 0.4) is 0 Å². The number of aromatic nitrogens is 4. The van der Waals surface area contributed by atoms with Crippen LogP contribution in [0.15, 0.2) is 17.2 Å². The van der Waals surface area contributed by atoms with Crippen molar-refractivity contribution in [3.8, 4) is 0 Å². The van der Waals surface area contributed by atoms with Crippen LogP contribution in [0, 0.1) is 5.92 Å². The Labute approximate surface area is 96.3 Å². The van der Waals surface area contributed by atoms with E-state index < -0.39 is 5.56 Å². The van der Waals surface area contributed by atoms with Crippen molar-refractivity contribution in [2.24, 2.45) is 5.92 Å². The zero-order valence-corrected chi connectivity index (χ0v) is 9.39. The normalized spacial score (nSPS) is 10.8. The van der Waals surface area contributed by atoms with Gasteiger partial charge in [0.05, 0.1) is 0 Å². The Morgan fingerprint density at radius 2 is 2.06 bits per heavy atom. The van der Waals surface area contributed by atoms with Crippen molar-refractivity contribution in [1.82, 2.24) is 19.9 Å². The molecule has 17 heavy (non-hydrogen) atoms. The number of fused-ring (bicyclic) bond motifs is 1. The highest BCUT2D eigenvalue weighted by Crippen LogP contribution is 2.03. The summed E-state index contributed by atoms with van der Waals surface area (Å²) < 4.78 is 0. The molecule has 0 spiro atoms. The van der Waals surface area contributed by atoms with Crippen molar-refractivity contribution < 1.29 is 4.79 Å². The van der Waals surface area contributed by atoms with Crippen LogP contribution < -0.4 is 10.9 Å². The first kappa shape index (κ1) is 11.2. The smallest absolute Gasteiger partial charge is 0.280 e. The molecule has 2 aromatic rings. The third-order valence-electron chi connectivity index (χ3n) is 2.11. The number of nitrogens with one attached hydrogen (secondary N) is 2. The predicted molar refractivity (Wildman–Crippen MR) is 61.4 cm³/mol. The van der Waals surface area contributed by atoms with E-state index in [1.807, 2.05) is 0 Å². The molecule has 0 fully saturated rings. The minimum atomic E-state index is -0.429. The van der Waals surface area contributed by atoms with Gasteiger partial charge in [0.1, 0.15) is 0 Å². The molecule has 88 valence electrons. The third kappa shape index (κ3) is 2.27. The molecule has 0 aliphatic rings. The lowest BCUT2D eigenvalue weighted by Gasteiger charge is -2.06. The maximum atomic E-state index is 11.6. The van der Waals surface area contributed by atoms with E-state index in [-0.39, 0.29) is 28.9 Å². The molecule has 7 heteroatoms. The molecule has 0 aromatic carbocycles. The number of nitrogens with zero attached hydrogens (tertiary/aromatic N) is 3. The number of rotatable bonds is 2. The minimum absolute atomic E-state index is 0.0849. The number of H-pyrrole nitrogens is 1. The van der Waals surface area contributed by atoms with Crippen LogP contribution in [0.2, 0.25) is 0 Å². The fourth-order valence-electron chi connectivity index (χ4n) is 1.19. The van der Waals surface area contributed by atoms with E-state index in [9.17, 15) is 9.59 Å². The van der Waals surface area contributed by atoms with Gasteiger partial charge in [-0.1, -0.05) is 13.8 Å². The van der Waals surface area contributed by atoms with Gasteiger partial charge < -0.3 is 0 Å². The second-order valence-electron chi connectivity index (χ2n) is 3.79. The van der Waals surface area contributed by atoms with Gasteiger partial charge in [-0.15, -0.1) is 0 Å². The van der Waals surface area contributed by atoms with E-state index >= 15 is 0 Å². The second kappa shape index (κ2) is 4.28. The minimum Gasteiger partial charge on any atom is -0.296 e. The van der Waals surface area contributed by atoms with Gasteiger partial charge in [0.25, 0.3) is 5.56 Å². The van der Waals surface area contributed by atoms with Gasteiger partial charge in [-0.2, -0.15) is 4.98 Å². The molecule has 7 nitrogen and oxygen atoms in total. The summed E-state index contributed by atoms with van der Waals surface area (Å²) in [6.07, 6.45) is 2.84. The summed E-state index contributed by atoms with van der Waals surface area (Å²) in [5.74, 6) is -0.337. The summed E-state index contributed by atoms with van der Waals surface area (Å²) in [4.78, 5) is 37.2. The van der Waals surface area contributed by atoms with Crippen molar-refractivity contribution >= 4 is 23.0 Å². The van der Waals surface area contributed by atoms with E-state index in [2.05, 4.69) is 25.3 Å². The first-order valence-electron chi connectivity index (χ1n) is 5.10. The zero-order valence-electron chi connectivity index (χ0n) is 9.39. The molecule has 1 amide bonds. The molecule has 0 saturated carbocycles. The number of carbonyl (C=O) groups excluding carboxylic acids is 1. The lowest BCUT2D eigenvalue weighted by molar-refractivity contribution is -0.118. The summed E-state index contributed by atoms with van der Waals surface area (Å²) in [6, 6.07) is 0. The molecule has 2 N–H and O–H groups in total. The standard InChI is InChI=1S/C10H11N5O2/c1-5(2)8(16)14-10-13-7-6(9(17)15-10)11-3-4-12-7/h3-5H,1-2H3,(H2,12,13,14,15,16,17). The molecular weight excluding hydrogens is 222 g/mol. The van der Waals surface area contributed by atoms with Crippen LogP contribution >= 0.6 is 0 Å².